The van der Waals surface area contributed by atoms with E-state index in [1.54, 1.807) is 6.92 Å². The minimum Gasteiger partial charge on any atom is -0.455 e. The first-order valence-electron chi connectivity index (χ1n) is 7.40. The average molecular weight is 340 g/mol. The Morgan fingerprint density at radius 3 is 2.57 bits per heavy atom. The van der Waals surface area contributed by atoms with Gasteiger partial charge >= 0.3 is 0 Å². The second kappa shape index (κ2) is 5.43. The van der Waals surface area contributed by atoms with Crippen molar-refractivity contribution in [1.82, 2.24) is 14.4 Å². The standard InChI is InChI=1S/C14H20N4O4S/c1-9-11(23(19,20)18(2)3)8-10(21-9)12-16-13(17-22-12)14(15)6-4-5-7-14/h8H,4-7,15H2,1-3H3. The van der Waals surface area contributed by atoms with Gasteiger partial charge in [-0.2, -0.15) is 4.98 Å². The van der Waals surface area contributed by atoms with Gasteiger partial charge in [0.15, 0.2) is 11.6 Å². The molecule has 0 radical (unpaired) electrons. The molecular weight excluding hydrogens is 320 g/mol. The van der Waals surface area contributed by atoms with E-state index in [0.717, 1.165) is 30.0 Å². The Kier molecular flexibility index (Phi) is 3.81. The molecule has 1 saturated carbocycles. The van der Waals surface area contributed by atoms with Crippen molar-refractivity contribution in [3.63, 3.8) is 0 Å². The van der Waals surface area contributed by atoms with E-state index in [9.17, 15) is 8.42 Å². The summed E-state index contributed by atoms with van der Waals surface area (Å²) in [4.78, 5) is 4.39. The van der Waals surface area contributed by atoms with Crippen LogP contribution in [0.2, 0.25) is 0 Å². The fourth-order valence-corrected chi connectivity index (χ4v) is 3.83. The van der Waals surface area contributed by atoms with Gasteiger partial charge in [-0.3, -0.25) is 0 Å². The average Bonchev–Trinajstić information content (AvgIpc) is 3.17. The Hall–Kier alpha value is -1.71. The van der Waals surface area contributed by atoms with E-state index in [2.05, 4.69) is 10.1 Å². The van der Waals surface area contributed by atoms with Gasteiger partial charge in [0, 0.05) is 20.2 Å². The Morgan fingerprint density at radius 2 is 1.96 bits per heavy atom. The molecule has 1 fully saturated rings. The highest BCUT2D eigenvalue weighted by atomic mass is 32.2. The number of sulfonamides is 1. The molecule has 8 nitrogen and oxygen atoms in total. The quantitative estimate of drug-likeness (QED) is 0.899. The summed E-state index contributed by atoms with van der Waals surface area (Å²) in [5.41, 5.74) is 5.73. The first-order valence-corrected chi connectivity index (χ1v) is 8.84. The summed E-state index contributed by atoms with van der Waals surface area (Å²) in [7, 11) is -0.665. The zero-order valence-corrected chi connectivity index (χ0v) is 14.2. The second-order valence-corrected chi connectivity index (χ2v) is 8.23. The van der Waals surface area contributed by atoms with E-state index in [-0.39, 0.29) is 22.3 Å². The van der Waals surface area contributed by atoms with Crippen LogP contribution in [-0.4, -0.2) is 37.0 Å². The molecule has 2 aromatic rings. The fraction of sp³-hybridized carbons (Fsp3) is 0.571. The molecule has 9 heteroatoms. The van der Waals surface area contributed by atoms with Gasteiger partial charge in [0.2, 0.25) is 10.0 Å². The number of rotatable bonds is 4. The van der Waals surface area contributed by atoms with Crippen LogP contribution in [0.15, 0.2) is 19.9 Å². The maximum atomic E-state index is 12.2. The summed E-state index contributed by atoms with van der Waals surface area (Å²) in [5.74, 6) is 1.08. The highest BCUT2D eigenvalue weighted by Gasteiger charge is 2.36. The fourth-order valence-electron chi connectivity index (χ4n) is 2.78. The van der Waals surface area contributed by atoms with Crippen molar-refractivity contribution in [2.45, 2.75) is 43.0 Å². The molecule has 0 aliphatic heterocycles. The van der Waals surface area contributed by atoms with Crippen LogP contribution in [0.5, 0.6) is 0 Å². The van der Waals surface area contributed by atoms with Crippen LogP contribution in [0.4, 0.5) is 0 Å². The first kappa shape index (κ1) is 16.2. The van der Waals surface area contributed by atoms with Crippen LogP contribution in [0.1, 0.15) is 37.3 Å². The van der Waals surface area contributed by atoms with Gasteiger partial charge in [-0.15, -0.1) is 0 Å². The van der Waals surface area contributed by atoms with Crippen molar-refractivity contribution in [3.8, 4) is 11.7 Å². The smallest absolute Gasteiger partial charge is 0.293 e. The molecule has 0 atom stereocenters. The summed E-state index contributed by atoms with van der Waals surface area (Å²) in [6.45, 7) is 1.58. The third-order valence-electron chi connectivity index (χ3n) is 4.21. The van der Waals surface area contributed by atoms with Gasteiger partial charge in [0.25, 0.3) is 5.89 Å². The number of nitrogens with zero attached hydrogens (tertiary/aromatic N) is 3. The van der Waals surface area contributed by atoms with E-state index < -0.39 is 15.6 Å². The molecular formula is C14H20N4O4S. The van der Waals surface area contributed by atoms with Crippen molar-refractivity contribution in [3.05, 3.63) is 17.7 Å². The Balaban J connectivity index is 1.97. The lowest BCUT2D eigenvalue weighted by Crippen LogP contribution is -2.34. The first-order chi connectivity index (χ1) is 10.7. The Labute approximate surface area is 134 Å². The van der Waals surface area contributed by atoms with Crippen LogP contribution >= 0.6 is 0 Å². The zero-order valence-electron chi connectivity index (χ0n) is 13.4. The number of furan rings is 1. The lowest BCUT2D eigenvalue weighted by Gasteiger charge is -2.17. The number of aryl methyl sites for hydroxylation is 1. The Morgan fingerprint density at radius 1 is 1.30 bits per heavy atom. The number of hydrogen-bond acceptors (Lipinski definition) is 7. The van der Waals surface area contributed by atoms with Crippen molar-refractivity contribution in [2.24, 2.45) is 5.73 Å². The molecule has 2 N–H and O–H groups in total. The minimum absolute atomic E-state index is 0.0839. The molecule has 0 bridgehead atoms. The predicted molar refractivity (Wildman–Crippen MR) is 81.9 cm³/mol. The molecule has 126 valence electrons. The largest absolute Gasteiger partial charge is 0.455 e. The molecule has 2 heterocycles. The summed E-state index contributed by atoms with van der Waals surface area (Å²) in [6.07, 6.45) is 3.68. The third-order valence-corrected chi connectivity index (χ3v) is 6.13. The normalized spacial score (nSPS) is 18.0. The van der Waals surface area contributed by atoms with Crippen LogP contribution in [0, 0.1) is 6.92 Å². The van der Waals surface area contributed by atoms with E-state index in [1.165, 1.54) is 20.2 Å². The zero-order chi connectivity index (χ0) is 16.8. The van der Waals surface area contributed by atoms with Crippen LogP contribution in [0.25, 0.3) is 11.7 Å². The van der Waals surface area contributed by atoms with Gasteiger partial charge in [0.05, 0.1) is 5.54 Å². The molecule has 0 aromatic carbocycles. The van der Waals surface area contributed by atoms with Gasteiger partial charge in [-0.05, 0) is 19.8 Å². The number of nitrogens with two attached hydrogens (primary N) is 1. The number of hydrogen-bond donors (Lipinski definition) is 1. The van der Waals surface area contributed by atoms with Crippen LogP contribution < -0.4 is 5.73 Å². The summed E-state index contributed by atoms with van der Waals surface area (Å²) in [5, 5.41) is 3.95. The van der Waals surface area contributed by atoms with Crippen LogP contribution in [0.3, 0.4) is 0 Å². The van der Waals surface area contributed by atoms with Gasteiger partial charge in [-0.1, -0.05) is 18.0 Å². The molecule has 3 rings (SSSR count). The maximum absolute atomic E-state index is 12.2. The van der Waals surface area contributed by atoms with Crippen molar-refractivity contribution in [2.75, 3.05) is 14.1 Å². The van der Waals surface area contributed by atoms with Gasteiger partial charge in [-0.25, -0.2) is 12.7 Å². The van der Waals surface area contributed by atoms with Gasteiger partial charge < -0.3 is 14.7 Å². The second-order valence-electron chi connectivity index (χ2n) is 6.10. The van der Waals surface area contributed by atoms with Crippen LogP contribution in [-0.2, 0) is 15.6 Å². The van der Waals surface area contributed by atoms with Crippen molar-refractivity contribution < 1.29 is 17.4 Å². The maximum Gasteiger partial charge on any atom is 0.293 e. The van der Waals surface area contributed by atoms with Crippen molar-refractivity contribution >= 4 is 10.0 Å². The van der Waals surface area contributed by atoms with E-state index in [0.29, 0.717) is 5.82 Å². The topological polar surface area (TPSA) is 115 Å². The predicted octanol–water partition coefficient (Wildman–Crippen LogP) is 1.62. The monoisotopic (exact) mass is 340 g/mol. The summed E-state index contributed by atoms with van der Waals surface area (Å²) >= 11 is 0. The molecule has 0 unspecified atom stereocenters. The lowest BCUT2D eigenvalue weighted by atomic mass is 9.99. The minimum atomic E-state index is -3.59. The highest BCUT2D eigenvalue weighted by molar-refractivity contribution is 7.89. The van der Waals surface area contributed by atoms with Gasteiger partial charge in [0.1, 0.15) is 10.7 Å². The molecule has 1 aliphatic carbocycles. The summed E-state index contributed by atoms with van der Waals surface area (Å²) < 4.78 is 36.3. The molecule has 0 saturated heterocycles. The summed E-state index contributed by atoms with van der Waals surface area (Å²) in [6, 6.07) is 1.40. The molecule has 2 aromatic heterocycles. The van der Waals surface area contributed by atoms with E-state index in [4.69, 9.17) is 14.7 Å². The van der Waals surface area contributed by atoms with Crippen molar-refractivity contribution in [1.29, 1.82) is 0 Å². The lowest BCUT2D eigenvalue weighted by molar-refractivity contribution is 0.367. The van der Waals surface area contributed by atoms with E-state index in [1.807, 2.05) is 0 Å². The molecule has 0 amide bonds. The SMILES string of the molecule is Cc1oc(-c2nc(C3(N)CCCC3)no2)cc1S(=O)(=O)N(C)C. The molecule has 0 spiro atoms. The number of aromatic nitrogens is 2. The Bertz CT molecular complexity index is 816. The molecule has 1 aliphatic rings. The van der Waals surface area contributed by atoms with E-state index >= 15 is 0 Å². The highest BCUT2D eigenvalue weighted by Crippen LogP contribution is 2.36. The molecule has 23 heavy (non-hydrogen) atoms. The third kappa shape index (κ3) is 2.68.